The first-order valence-electron chi connectivity index (χ1n) is 13.9. The molecule has 1 N–H and O–H groups in total. The molecule has 0 aromatic heterocycles. The molecule has 5 rings (SSSR count). The molecule has 3 aromatic carbocycles. The molecule has 236 valence electrons. The van der Waals surface area contributed by atoms with E-state index in [-0.39, 0.29) is 36.0 Å². The van der Waals surface area contributed by atoms with Crippen LogP contribution >= 0.6 is 58.2 Å². The molecule has 0 spiro atoms. The van der Waals surface area contributed by atoms with Crippen molar-refractivity contribution in [3.8, 4) is 0 Å². The van der Waals surface area contributed by atoms with Crippen LogP contribution in [-0.4, -0.2) is 62.6 Å². The predicted octanol–water partition coefficient (Wildman–Crippen LogP) is 6.78. The molecule has 0 radical (unpaired) electrons. The van der Waals surface area contributed by atoms with Gasteiger partial charge in [0.15, 0.2) is 6.10 Å². The molecule has 2 aliphatic rings. The molecule has 2 aliphatic heterocycles. The van der Waals surface area contributed by atoms with E-state index in [9.17, 15) is 14.4 Å². The summed E-state index contributed by atoms with van der Waals surface area (Å²) in [4.78, 5) is 41.0. The molecule has 8 nitrogen and oxygen atoms in total. The van der Waals surface area contributed by atoms with Crippen LogP contribution in [0.4, 0.5) is 4.79 Å². The largest absolute Gasteiger partial charge is 0.510 e. The number of alkyl halides is 4. The Balaban J connectivity index is 1.35. The number of rotatable bonds is 10. The lowest BCUT2D eigenvalue weighted by Gasteiger charge is -2.52. The Kier molecular flexibility index (Phi) is 11.1. The second-order valence-electron chi connectivity index (χ2n) is 10.3. The van der Waals surface area contributed by atoms with Gasteiger partial charge in [-0.15, -0.1) is 11.8 Å². The molecule has 1 fully saturated rings. The lowest BCUT2D eigenvalue weighted by Crippen LogP contribution is -2.67. The second kappa shape index (κ2) is 15.0. The number of nitrogens with zero attached hydrogens (tertiary/aromatic N) is 1. The topological polar surface area (TPSA) is 94.2 Å². The third-order valence-electron chi connectivity index (χ3n) is 7.09. The molecular formula is C32H28Cl4N2O6S. The van der Waals surface area contributed by atoms with E-state index in [4.69, 9.17) is 60.6 Å². The summed E-state index contributed by atoms with van der Waals surface area (Å²) in [6, 6.07) is 28.0. The van der Waals surface area contributed by atoms with E-state index in [1.807, 2.05) is 95.9 Å². The van der Waals surface area contributed by atoms with Gasteiger partial charge in [0.1, 0.15) is 12.3 Å². The molecule has 1 saturated heterocycles. The highest BCUT2D eigenvalue weighted by molar-refractivity contribution is 8.00. The second-order valence-corrected chi connectivity index (χ2v) is 14.1. The van der Waals surface area contributed by atoms with Gasteiger partial charge in [-0.3, -0.25) is 4.79 Å². The summed E-state index contributed by atoms with van der Waals surface area (Å²) in [5.74, 6) is -0.398. The molecule has 3 aromatic rings. The van der Waals surface area contributed by atoms with Gasteiger partial charge in [-0.05, 0) is 16.7 Å². The lowest BCUT2D eigenvalue weighted by molar-refractivity contribution is -0.146. The van der Waals surface area contributed by atoms with E-state index in [1.54, 1.807) is 0 Å². The molecule has 0 bridgehead atoms. The maximum absolute atomic E-state index is 14.0. The standard InChI is InChI=1S/C32H28Cl4N2O6S/c33-30(32(34,35)36)44-31(41)42-18-23-19-45-28-24(37-25(39)16-20-10-4-1-5-11-20)17-38(28)26(23)29(40)43-27(21-12-6-2-7-13-21)22-14-8-3-9-15-22/h1-15,24,27-28,30H,16-19H2,(H,37,39). The van der Waals surface area contributed by atoms with Crippen LogP contribution in [0, 0.1) is 0 Å². The summed E-state index contributed by atoms with van der Waals surface area (Å²) in [7, 11) is 0. The van der Waals surface area contributed by atoms with Crippen molar-refractivity contribution in [1.82, 2.24) is 10.2 Å². The van der Waals surface area contributed by atoms with E-state index >= 15 is 0 Å². The zero-order chi connectivity index (χ0) is 32.0. The quantitative estimate of drug-likeness (QED) is 0.182. The highest BCUT2D eigenvalue weighted by atomic mass is 35.6. The van der Waals surface area contributed by atoms with Crippen LogP contribution in [0.2, 0.25) is 0 Å². The Labute approximate surface area is 284 Å². The summed E-state index contributed by atoms with van der Waals surface area (Å²) in [5.41, 5.74) is 1.63. The van der Waals surface area contributed by atoms with Crippen molar-refractivity contribution in [2.75, 3.05) is 18.9 Å². The molecular weight excluding hydrogens is 682 g/mol. The number of hydrogen-bond donors (Lipinski definition) is 1. The normalized spacial score (nSPS) is 18.4. The zero-order valence-corrected chi connectivity index (χ0v) is 27.5. The van der Waals surface area contributed by atoms with Crippen LogP contribution in [0.15, 0.2) is 102 Å². The number of carbonyl (C=O) groups is 3. The Bertz CT molecular complexity index is 1490. The Hall–Kier alpha value is -3.08. The minimum absolute atomic E-state index is 0.116. The number of hydrogen-bond acceptors (Lipinski definition) is 8. The van der Waals surface area contributed by atoms with Gasteiger partial charge in [0, 0.05) is 17.9 Å². The molecule has 0 saturated carbocycles. The van der Waals surface area contributed by atoms with Gasteiger partial charge in [0.05, 0.1) is 17.8 Å². The van der Waals surface area contributed by atoms with E-state index in [0.29, 0.717) is 17.9 Å². The molecule has 3 atom stereocenters. The number of thioether (sulfide) groups is 1. The number of fused-ring (bicyclic) bond motifs is 1. The highest BCUT2D eigenvalue weighted by Crippen LogP contribution is 2.41. The summed E-state index contributed by atoms with van der Waals surface area (Å²) in [6.07, 6.45) is -1.63. The predicted molar refractivity (Wildman–Crippen MR) is 175 cm³/mol. The van der Waals surface area contributed by atoms with Crippen LogP contribution in [0.3, 0.4) is 0 Å². The van der Waals surface area contributed by atoms with Crippen LogP contribution in [-0.2, 0) is 30.2 Å². The zero-order valence-electron chi connectivity index (χ0n) is 23.6. The van der Waals surface area contributed by atoms with Crippen molar-refractivity contribution in [2.24, 2.45) is 0 Å². The number of carbonyl (C=O) groups excluding carboxylic acids is 3. The number of halogens is 4. The van der Waals surface area contributed by atoms with E-state index in [1.165, 1.54) is 11.8 Å². The van der Waals surface area contributed by atoms with E-state index in [2.05, 4.69) is 5.32 Å². The first-order chi connectivity index (χ1) is 21.6. The number of amides is 1. The molecule has 45 heavy (non-hydrogen) atoms. The van der Waals surface area contributed by atoms with Crippen molar-refractivity contribution >= 4 is 76.2 Å². The first kappa shape index (κ1) is 33.3. The maximum Gasteiger partial charge on any atom is 0.510 e. The van der Waals surface area contributed by atoms with E-state index < -0.39 is 27.6 Å². The van der Waals surface area contributed by atoms with Gasteiger partial charge in [-0.2, -0.15) is 0 Å². The molecule has 1 amide bonds. The fraction of sp³-hybridized carbons (Fsp3) is 0.281. The summed E-state index contributed by atoms with van der Waals surface area (Å²) >= 11 is 24.4. The number of ether oxygens (including phenoxy) is 3. The van der Waals surface area contributed by atoms with Crippen LogP contribution in [0.1, 0.15) is 22.8 Å². The van der Waals surface area contributed by atoms with Crippen LogP contribution < -0.4 is 5.32 Å². The molecule has 13 heteroatoms. The van der Waals surface area contributed by atoms with Crippen molar-refractivity contribution < 1.29 is 28.6 Å². The SMILES string of the molecule is O=C(Cc1ccccc1)NC1CN2C(C(=O)OC(c3ccccc3)c3ccccc3)=C(COC(=O)OC(Cl)C(Cl)(Cl)Cl)CSC12. The molecule has 3 unspecified atom stereocenters. The summed E-state index contributed by atoms with van der Waals surface area (Å²) in [6.45, 7) is 0.0598. The maximum atomic E-state index is 14.0. The Morgan fingerprint density at radius 1 is 0.889 bits per heavy atom. The minimum Gasteiger partial charge on any atom is -0.448 e. The fourth-order valence-corrected chi connectivity index (χ4v) is 6.53. The number of esters is 1. The monoisotopic (exact) mass is 708 g/mol. The van der Waals surface area contributed by atoms with Gasteiger partial charge in [0.2, 0.25) is 15.3 Å². The van der Waals surface area contributed by atoms with Gasteiger partial charge in [0.25, 0.3) is 0 Å². The van der Waals surface area contributed by atoms with Gasteiger partial charge in [-0.1, -0.05) is 137 Å². The average molecular weight is 710 g/mol. The van der Waals surface area contributed by atoms with Crippen molar-refractivity contribution in [2.45, 2.75) is 33.3 Å². The van der Waals surface area contributed by atoms with Crippen molar-refractivity contribution in [3.63, 3.8) is 0 Å². The Morgan fingerprint density at radius 3 is 2.04 bits per heavy atom. The number of nitrogens with one attached hydrogen (secondary N) is 1. The third kappa shape index (κ3) is 8.60. The van der Waals surface area contributed by atoms with Gasteiger partial charge < -0.3 is 24.4 Å². The minimum atomic E-state index is -2.07. The third-order valence-corrected chi connectivity index (χ3v) is 9.88. The molecule has 0 aliphatic carbocycles. The van der Waals surface area contributed by atoms with Crippen molar-refractivity contribution in [1.29, 1.82) is 0 Å². The van der Waals surface area contributed by atoms with E-state index in [0.717, 1.165) is 16.7 Å². The molecule has 2 heterocycles. The first-order valence-corrected chi connectivity index (χ1v) is 16.5. The van der Waals surface area contributed by atoms with Crippen LogP contribution in [0.25, 0.3) is 0 Å². The summed E-state index contributed by atoms with van der Waals surface area (Å²) < 4.78 is 14.2. The smallest absolute Gasteiger partial charge is 0.448 e. The lowest BCUT2D eigenvalue weighted by atomic mass is 10.0. The highest BCUT2D eigenvalue weighted by Gasteiger charge is 2.47. The Morgan fingerprint density at radius 2 is 1.47 bits per heavy atom. The van der Waals surface area contributed by atoms with Gasteiger partial charge in [-0.25, -0.2) is 9.59 Å². The number of benzene rings is 3. The fourth-order valence-electron chi connectivity index (χ4n) is 4.97. The van der Waals surface area contributed by atoms with Crippen molar-refractivity contribution in [3.05, 3.63) is 119 Å². The average Bonchev–Trinajstić information content (AvgIpc) is 3.02. The summed E-state index contributed by atoms with van der Waals surface area (Å²) in [5, 5.41) is 2.85. The van der Waals surface area contributed by atoms with Crippen LogP contribution in [0.5, 0.6) is 0 Å². The van der Waals surface area contributed by atoms with Gasteiger partial charge >= 0.3 is 12.1 Å².